The van der Waals surface area contributed by atoms with Gasteiger partial charge in [0, 0.05) is 19.4 Å². The zero-order chi connectivity index (χ0) is 11.6. The maximum Gasteiger partial charge on any atom is 0.220 e. The third-order valence-electron chi connectivity index (χ3n) is 3.20. The first-order valence-corrected chi connectivity index (χ1v) is 6.49. The second kappa shape index (κ2) is 8.21. The summed E-state index contributed by atoms with van der Waals surface area (Å²) in [6, 6.07) is 0. The van der Waals surface area contributed by atoms with Gasteiger partial charge in [-0.05, 0) is 25.7 Å². The molecule has 0 aromatic carbocycles. The van der Waals surface area contributed by atoms with Crippen molar-refractivity contribution in [2.24, 2.45) is 5.92 Å². The molecule has 0 spiro atoms. The first-order valence-electron chi connectivity index (χ1n) is 6.49. The molecule has 0 bridgehead atoms. The number of rotatable bonds is 4. The van der Waals surface area contributed by atoms with Crippen LogP contribution in [0.15, 0.2) is 0 Å². The summed E-state index contributed by atoms with van der Waals surface area (Å²) < 4.78 is 0. The highest BCUT2D eigenvalue weighted by molar-refractivity contribution is 5.76. The van der Waals surface area contributed by atoms with E-state index in [1.165, 1.54) is 38.5 Å². The van der Waals surface area contributed by atoms with Gasteiger partial charge in [0.1, 0.15) is 0 Å². The van der Waals surface area contributed by atoms with Gasteiger partial charge in [-0.1, -0.05) is 25.7 Å². The van der Waals surface area contributed by atoms with E-state index in [1.807, 2.05) is 6.92 Å². The van der Waals surface area contributed by atoms with E-state index in [-0.39, 0.29) is 5.91 Å². The third-order valence-corrected chi connectivity index (χ3v) is 3.20. The van der Waals surface area contributed by atoms with Crippen LogP contribution in [0.1, 0.15) is 58.3 Å². The smallest absolute Gasteiger partial charge is 0.220 e. The van der Waals surface area contributed by atoms with Crippen molar-refractivity contribution >= 4 is 5.91 Å². The lowest BCUT2D eigenvalue weighted by atomic mass is 9.96. The van der Waals surface area contributed by atoms with Crippen molar-refractivity contribution < 1.29 is 4.79 Å². The summed E-state index contributed by atoms with van der Waals surface area (Å²) in [6.07, 6.45) is 9.28. The Morgan fingerprint density at radius 2 is 1.94 bits per heavy atom. The van der Waals surface area contributed by atoms with Crippen LogP contribution in [0.3, 0.4) is 0 Å². The molecule has 1 aliphatic carbocycles. The molecular weight excluding hydrogens is 198 g/mol. The predicted molar refractivity (Wildman–Crippen MR) is 66.9 cm³/mol. The van der Waals surface area contributed by atoms with Gasteiger partial charge in [-0.2, -0.15) is 0 Å². The normalized spacial score (nSPS) is 17.1. The van der Waals surface area contributed by atoms with E-state index in [2.05, 4.69) is 17.2 Å². The molecule has 0 aromatic heterocycles. The molecular formula is C14H23NO. The predicted octanol–water partition coefficient (Wildman–Crippen LogP) is 2.88. The lowest BCUT2D eigenvalue weighted by Crippen LogP contribution is -2.26. The summed E-state index contributed by atoms with van der Waals surface area (Å²) >= 11 is 0. The summed E-state index contributed by atoms with van der Waals surface area (Å²) in [5.41, 5.74) is 0. The maximum atomic E-state index is 11.6. The highest BCUT2D eigenvalue weighted by atomic mass is 16.1. The third kappa shape index (κ3) is 5.80. The Hall–Kier alpha value is -0.970. The molecule has 1 amide bonds. The van der Waals surface area contributed by atoms with Gasteiger partial charge >= 0.3 is 0 Å². The lowest BCUT2D eigenvalue weighted by Gasteiger charge is -2.13. The van der Waals surface area contributed by atoms with Gasteiger partial charge in [0.05, 0.1) is 0 Å². The van der Waals surface area contributed by atoms with Gasteiger partial charge < -0.3 is 5.32 Å². The Labute approximate surface area is 99.2 Å². The molecule has 1 rings (SSSR count). The molecule has 0 radical (unpaired) electrons. The van der Waals surface area contributed by atoms with E-state index in [4.69, 9.17) is 0 Å². The Morgan fingerprint density at radius 3 is 2.56 bits per heavy atom. The van der Waals surface area contributed by atoms with Crippen LogP contribution in [0.4, 0.5) is 0 Å². The van der Waals surface area contributed by atoms with Gasteiger partial charge in [0.25, 0.3) is 0 Å². The van der Waals surface area contributed by atoms with E-state index >= 15 is 0 Å². The molecule has 16 heavy (non-hydrogen) atoms. The average molecular weight is 221 g/mol. The monoisotopic (exact) mass is 221 g/mol. The van der Waals surface area contributed by atoms with E-state index < -0.39 is 0 Å². The summed E-state index contributed by atoms with van der Waals surface area (Å²) in [7, 11) is 0. The second-order valence-corrected chi connectivity index (χ2v) is 4.59. The van der Waals surface area contributed by atoms with Gasteiger partial charge in [0.2, 0.25) is 5.91 Å². The Morgan fingerprint density at radius 1 is 1.25 bits per heavy atom. The molecule has 0 aromatic rings. The zero-order valence-corrected chi connectivity index (χ0v) is 10.3. The largest absolute Gasteiger partial charge is 0.355 e. The molecule has 2 heteroatoms. The fourth-order valence-corrected chi connectivity index (χ4v) is 2.29. The Balaban J connectivity index is 2.13. The van der Waals surface area contributed by atoms with Crippen molar-refractivity contribution in [2.75, 3.05) is 6.54 Å². The molecule has 90 valence electrons. The SMILES string of the molecule is CC#CCCNC(=O)CC1CCCCCC1. The number of hydrogen-bond acceptors (Lipinski definition) is 1. The minimum absolute atomic E-state index is 0.213. The van der Waals surface area contributed by atoms with Gasteiger partial charge in [-0.25, -0.2) is 0 Å². The van der Waals surface area contributed by atoms with Crippen LogP contribution >= 0.6 is 0 Å². The fraction of sp³-hybridized carbons (Fsp3) is 0.786. The molecule has 0 aliphatic heterocycles. The van der Waals surface area contributed by atoms with Gasteiger partial charge in [-0.15, -0.1) is 11.8 Å². The highest BCUT2D eigenvalue weighted by Crippen LogP contribution is 2.25. The molecule has 1 aliphatic rings. The summed E-state index contributed by atoms with van der Waals surface area (Å²) in [4.78, 5) is 11.6. The first kappa shape index (κ1) is 13.1. The van der Waals surface area contributed by atoms with Gasteiger partial charge in [-0.3, -0.25) is 4.79 Å². The van der Waals surface area contributed by atoms with Crippen molar-refractivity contribution in [1.29, 1.82) is 0 Å². The lowest BCUT2D eigenvalue weighted by molar-refractivity contribution is -0.122. The van der Waals surface area contributed by atoms with Crippen LogP contribution in [0.5, 0.6) is 0 Å². The first-order chi connectivity index (χ1) is 7.83. The van der Waals surface area contributed by atoms with Crippen molar-refractivity contribution in [3.8, 4) is 11.8 Å². The van der Waals surface area contributed by atoms with E-state index in [9.17, 15) is 4.79 Å². The fourth-order valence-electron chi connectivity index (χ4n) is 2.29. The van der Waals surface area contributed by atoms with Crippen LogP contribution < -0.4 is 5.32 Å². The number of amides is 1. The molecule has 2 nitrogen and oxygen atoms in total. The van der Waals surface area contributed by atoms with Gasteiger partial charge in [0.15, 0.2) is 0 Å². The summed E-state index contributed by atoms with van der Waals surface area (Å²) in [5.74, 6) is 6.62. The van der Waals surface area contributed by atoms with Crippen molar-refractivity contribution in [1.82, 2.24) is 5.32 Å². The quantitative estimate of drug-likeness (QED) is 0.441. The Bertz CT molecular complexity index is 254. The van der Waals surface area contributed by atoms with Crippen LogP contribution in [0.25, 0.3) is 0 Å². The zero-order valence-electron chi connectivity index (χ0n) is 10.3. The molecule has 1 saturated carbocycles. The summed E-state index contributed by atoms with van der Waals surface area (Å²) in [5, 5.41) is 2.94. The molecule has 0 saturated heterocycles. The summed E-state index contributed by atoms with van der Waals surface area (Å²) in [6.45, 7) is 2.53. The molecule has 1 N–H and O–H groups in total. The minimum Gasteiger partial charge on any atom is -0.355 e. The molecule has 0 unspecified atom stereocenters. The second-order valence-electron chi connectivity index (χ2n) is 4.59. The molecule has 0 atom stereocenters. The highest BCUT2D eigenvalue weighted by Gasteiger charge is 2.15. The van der Waals surface area contributed by atoms with E-state index in [0.717, 1.165) is 12.8 Å². The van der Waals surface area contributed by atoms with Crippen molar-refractivity contribution in [2.45, 2.75) is 58.3 Å². The maximum absolute atomic E-state index is 11.6. The Kier molecular flexibility index (Phi) is 6.72. The molecule has 1 fully saturated rings. The van der Waals surface area contributed by atoms with E-state index in [0.29, 0.717) is 12.5 Å². The van der Waals surface area contributed by atoms with Crippen LogP contribution in [-0.2, 0) is 4.79 Å². The topological polar surface area (TPSA) is 29.1 Å². The molecule has 0 heterocycles. The number of carbonyl (C=O) groups excluding carboxylic acids is 1. The van der Waals surface area contributed by atoms with E-state index in [1.54, 1.807) is 0 Å². The number of carbonyl (C=O) groups is 1. The van der Waals surface area contributed by atoms with Crippen molar-refractivity contribution in [3.05, 3.63) is 0 Å². The minimum atomic E-state index is 0.213. The number of hydrogen-bond donors (Lipinski definition) is 1. The van der Waals surface area contributed by atoms with Crippen LogP contribution in [0.2, 0.25) is 0 Å². The van der Waals surface area contributed by atoms with Crippen LogP contribution in [-0.4, -0.2) is 12.5 Å². The number of nitrogens with one attached hydrogen (secondary N) is 1. The van der Waals surface area contributed by atoms with Crippen LogP contribution in [0, 0.1) is 17.8 Å². The standard InChI is InChI=1S/C14H23NO/c1-2-3-8-11-15-14(16)12-13-9-6-4-5-7-10-13/h13H,4-12H2,1H3,(H,15,16). The average Bonchev–Trinajstić information content (AvgIpc) is 2.53. The van der Waals surface area contributed by atoms with Crippen molar-refractivity contribution in [3.63, 3.8) is 0 Å².